The van der Waals surface area contributed by atoms with Gasteiger partial charge < -0.3 is 10.1 Å². The van der Waals surface area contributed by atoms with Crippen LogP contribution in [0.3, 0.4) is 0 Å². The molecule has 1 amide bonds. The molecule has 0 aromatic heterocycles. The summed E-state index contributed by atoms with van der Waals surface area (Å²) in [6.45, 7) is 3.13. The van der Waals surface area contributed by atoms with Crippen LogP contribution in [0.25, 0.3) is 0 Å². The van der Waals surface area contributed by atoms with Gasteiger partial charge in [-0.05, 0) is 56.2 Å². The van der Waals surface area contributed by atoms with Crippen molar-refractivity contribution < 1.29 is 17.9 Å². The number of aryl methyl sites for hydroxylation is 1. The van der Waals surface area contributed by atoms with E-state index in [1.807, 2.05) is 6.92 Å². The number of ether oxygens (including phenoxy) is 1. The highest BCUT2D eigenvalue weighted by atomic mass is 32.2. The molecule has 1 saturated heterocycles. The van der Waals surface area contributed by atoms with E-state index in [9.17, 15) is 13.2 Å². The van der Waals surface area contributed by atoms with Crippen LogP contribution in [0.4, 0.5) is 5.69 Å². The highest BCUT2D eigenvalue weighted by Crippen LogP contribution is 2.17. The van der Waals surface area contributed by atoms with Gasteiger partial charge in [0.05, 0.1) is 11.0 Å². The third-order valence-electron chi connectivity index (χ3n) is 4.24. The first-order valence-electron chi connectivity index (χ1n) is 8.53. The SMILES string of the molecule is Cc1ccc(S(=O)(=O)Nc2ccc(C(=O)NCC3CCCO3)cc2)cc1. The Morgan fingerprint density at radius 1 is 1.12 bits per heavy atom. The topological polar surface area (TPSA) is 84.5 Å². The molecule has 7 heteroatoms. The lowest BCUT2D eigenvalue weighted by molar-refractivity contribution is 0.0858. The van der Waals surface area contributed by atoms with Crippen molar-refractivity contribution in [2.75, 3.05) is 17.9 Å². The molecule has 1 aliphatic rings. The molecule has 26 heavy (non-hydrogen) atoms. The number of hydrogen-bond acceptors (Lipinski definition) is 4. The molecule has 1 fully saturated rings. The van der Waals surface area contributed by atoms with Crippen LogP contribution in [-0.4, -0.2) is 33.6 Å². The third kappa shape index (κ3) is 4.62. The van der Waals surface area contributed by atoms with Gasteiger partial charge in [0.15, 0.2) is 0 Å². The maximum absolute atomic E-state index is 12.4. The number of amides is 1. The van der Waals surface area contributed by atoms with Gasteiger partial charge in [-0.2, -0.15) is 0 Å². The van der Waals surface area contributed by atoms with E-state index < -0.39 is 10.0 Å². The van der Waals surface area contributed by atoms with Crippen LogP contribution in [0.1, 0.15) is 28.8 Å². The quantitative estimate of drug-likeness (QED) is 0.814. The van der Waals surface area contributed by atoms with Crippen molar-refractivity contribution in [1.29, 1.82) is 0 Å². The fourth-order valence-electron chi connectivity index (χ4n) is 2.74. The molecular weight excluding hydrogens is 352 g/mol. The lowest BCUT2D eigenvalue weighted by Crippen LogP contribution is -2.31. The summed E-state index contributed by atoms with van der Waals surface area (Å²) >= 11 is 0. The van der Waals surface area contributed by atoms with Gasteiger partial charge >= 0.3 is 0 Å². The number of carbonyl (C=O) groups is 1. The van der Waals surface area contributed by atoms with Crippen LogP contribution < -0.4 is 10.0 Å². The lowest BCUT2D eigenvalue weighted by Gasteiger charge is -2.11. The zero-order valence-corrected chi connectivity index (χ0v) is 15.4. The standard InChI is InChI=1S/C19H22N2O4S/c1-14-4-10-18(11-5-14)26(23,24)21-16-8-6-15(7-9-16)19(22)20-13-17-3-2-12-25-17/h4-11,17,21H,2-3,12-13H2,1H3,(H,20,22). The van der Waals surface area contributed by atoms with E-state index in [4.69, 9.17) is 4.74 Å². The second-order valence-corrected chi connectivity index (χ2v) is 8.02. The number of hydrogen-bond donors (Lipinski definition) is 2. The maximum atomic E-state index is 12.4. The highest BCUT2D eigenvalue weighted by Gasteiger charge is 2.17. The molecule has 1 atom stereocenters. The van der Waals surface area contributed by atoms with Gasteiger partial charge in [-0.15, -0.1) is 0 Å². The summed E-state index contributed by atoms with van der Waals surface area (Å²) < 4.78 is 32.7. The van der Waals surface area contributed by atoms with Crippen LogP contribution in [0.15, 0.2) is 53.4 Å². The highest BCUT2D eigenvalue weighted by molar-refractivity contribution is 7.92. The summed E-state index contributed by atoms with van der Waals surface area (Å²) in [6.07, 6.45) is 2.07. The Hall–Kier alpha value is -2.38. The summed E-state index contributed by atoms with van der Waals surface area (Å²) in [7, 11) is -3.65. The van der Waals surface area contributed by atoms with Gasteiger partial charge in [-0.1, -0.05) is 17.7 Å². The molecule has 0 spiro atoms. The van der Waals surface area contributed by atoms with Gasteiger partial charge in [0.25, 0.3) is 15.9 Å². The predicted molar refractivity (Wildman–Crippen MR) is 99.7 cm³/mol. The smallest absolute Gasteiger partial charge is 0.261 e. The van der Waals surface area contributed by atoms with Crippen molar-refractivity contribution in [1.82, 2.24) is 5.32 Å². The Bertz CT molecular complexity index is 855. The molecule has 1 aliphatic heterocycles. The zero-order chi connectivity index (χ0) is 18.6. The first kappa shape index (κ1) is 18.4. The third-order valence-corrected chi connectivity index (χ3v) is 5.64. The molecule has 6 nitrogen and oxygen atoms in total. The van der Waals surface area contributed by atoms with E-state index in [1.165, 1.54) is 0 Å². The Morgan fingerprint density at radius 2 is 1.81 bits per heavy atom. The predicted octanol–water partition coefficient (Wildman–Crippen LogP) is 2.70. The van der Waals surface area contributed by atoms with Gasteiger partial charge in [-0.25, -0.2) is 8.42 Å². The van der Waals surface area contributed by atoms with Gasteiger partial charge in [0.2, 0.25) is 0 Å². The van der Waals surface area contributed by atoms with Crippen molar-refractivity contribution in [3.63, 3.8) is 0 Å². The Labute approximate surface area is 153 Å². The lowest BCUT2D eigenvalue weighted by atomic mass is 10.2. The Balaban J connectivity index is 1.61. The van der Waals surface area contributed by atoms with Crippen LogP contribution in [0.2, 0.25) is 0 Å². The van der Waals surface area contributed by atoms with Gasteiger partial charge in [0, 0.05) is 24.4 Å². The number of nitrogens with one attached hydrogen (secondary N) is 2. The molecule has 0 saturated carbocycles. The first-order valence-corrected chi connectivity index (χ1v) is 10.0. The Morgan fingerprint density at radius 3 is 2.42 bits per heavy atom. The van der Waals surface area contributed by atoms with E-state index in [0.717, 1.165) is 25.0 Å². The molecule has 0 bridgehead atoms. The number of sulfonamides is 1. The molecule has 138 valence electrons. The zero-order valence-electron chi connectivity index (χ0n) is 14.6. The summed E-state index contributed by atoms with van der Waals surface area (Å²) in [4.78, 5) is 12.3. The number of rotatable bonds is 6. The van der Waals surface area contributed by atoms with Gasteiger partial charge in [-0.3, -0.25) is 9.52 Å². The number of anilines is 1. The van der Waals surface area contributed by atoms with Crippen molar-refractivity contribution in [2.24, 2.45) is 0 Å². The number of carbonyl (C=O) groups excluding carboxylic acids is 1. The summed E-state index contributed by atoms with van der Waals surface area (Å²) in [6, 6.07) is 13.0. The molecule has 2 aromatic carbocycles. The molecule has 1 heterocycles. The fraction of sp³-hybridized carbons (Fsp3) is 0.316. The molecule has 3 rings (SSSR count). The van der Waals surface area contributed by atoms with E-state index in [0.29, 0.717) is 17.8 Å². The van der Waals surface area contributed by atoms with E-state index >= 15 is 0 Å². The Kier molecular flexibility index (Phi) is 5.58. The normalized spacial score (nSPS) is 17.0. The average Bonchev–Trinajstić information content (AvgIpc) is 3.14. The number of benzene rings is 2. The molecule has 2 aromatic rings. The molecule has 1 unspecified atom stereocenters. The summed E-state index contributed by atoms with van der Waals surface area (Å²) in [5, 5.41) is 2.84. The van der Waals surface area contributed by atoms with E-state index in [2.05, 4.69) is 10.0 Å². The van der Waals surface area contributed by atoms with Crippen LogP contribution in [0, 0.1) is 6.92 Å². The van der Waals surface area contributed by atoms with E-state index in [-0.39, 0.29) is 16.9 Å². The van der Waals surface area contributed by atoms with Crippen molar-refractivity contribution >= 4 is 21.6 Å². The second kappa shape index (κ2) is 7.88. The average molecular weight is 374 g/mol. The minimum atomic E-state index is -3.65. The van der Waals surface area contributed by atoms with E-state index in [1.54, 1.807) is 48.5 Å². The van der Waals surface area contributed by atoms with Crippen LogP contribution in [0.5, 0.6) is 0 Å². The summed E-state index contributed by atoms with van der Waals surface area (Å²) in [5.74, 6) is -0.201. The molecule has 2 N–H and O–H groups in total. The molecular formula is C19H22N2O4S. The van der Waals surface area contributed by atoms with Crippen LogP contribution >= 0.6 is 0 Å². The maximum Gasteiger partial charge on any atom is 0.261 e. The van der Waals surface area contributed by atoms with Gasteiger partial charge in [0.1, 0.15) is 0 Å². The largest absolute Gasteiger partial charge is 0.376 e. The summed E-state index contributed by atoms with van der Waals surface area (Å²) in [5.41, 5.74) is 1.87. The van der Waals surface area contributed by atoms with Crippen molar-refractivity contribution in [3.8, 4) is 0 Å². The molecule has 0 radical (unpaired) electrons. The monoisotopic (exact) mass is 374 g/mol. The van der Waals surface area contributed by atoms with Crippen molar-refractivity contribution in [3.05, 3.63) is 59.7 Å². The minimum absolute atomic E-state index is 0.0829. The first-order chi connectivity index (χ1) is 12.4. The second-order valence-electron chi connectivity index (χ2n) is 6.34. The van der Waals surface area contributed by atoms with Crippen LogP contribution in [-0.2, 0) is 14.8 Å². The van der Waals surface area contributed by atoms with Crippen molar-refractivity contribution in [2.45, 2.75) is 30.8 Å². The fourth-order valence-corrected chi connectivity index (χ4v) is 3.79. The molecule has 0 aliphatic carbocycles. The minimum Gasteiger partial charge on any atom is -0.376 e.